The molecule has 1 aliphatic heterocycles. The van der Waals surface area contributed by atoms with Gasteiger partial charge in [0.15, 0.2) is 10.6 Å². The molecule has 31 heavy (non-hydrogen) atoms. The summed E-state index contributed by atoms with van der Waals surface area (Å²) >= 11 is 1.44. The highest BCUT2D eigenvalue weighted by Crippen LogP contribution is 2.43. The second-order valence-corrected chi connectivity index (χ2v) is 8.64. The van der Waals surface area contributed by atoms with Crippen molar-refractivity contribution in [1.29, 1.82) is 0 Å². The molecule has 150 valence electrons. The molecule has 0 N–H and O–H groups in total. The van der Waals surface area contributed by atoms with E-state index in [1.165, 1.54) is 11.3 Å². The van der Waals surface area contributed by atoms with Crippen molar-refractivity contribution in [3.8, 4) is 0 Å². The molecule has 6 heteroatoms. The fourth-order valence-corrected chi connectivity index (χ4v) is 5.28. The quantitative estimate of drug-likeness (QED) is 0.377. The lowest BCUT2D eigenvalue weighted by molar-refractivity contribution is 0.0971. The van der Waals surface area contributed by atoms with E-state index in [-0.39, 0.29) is 17.1 Å². The molecule has 2 aromatic heterocycles. The zero-order valence-corrected chi connectivity index (χ0v) is 17.3. The molecule has 1 aliphatic rings. The lowest BCUT2D eigenvalue weighted by atomic mass is 9.99. The Balaban J connectivity index is 1.64. The molecule has 6 rings (SSSR count). The van der Waals surface area contributed by atoms with Crippen molar-refractivity contribution >= 4 is 43.6 Å². The largest absolute Gasteiger partial charge is 0.450 e. The molecule has 3 heterocycles. The second kappa shape index (κ2) is 6.62. The van der Waals surface area contributed by atoms with E-state index in [9.17, 15) is 9.59 Å². The van der Waals surface area contributed by atoms with Crippen molar-refractivity contribution in [2.45, 2.75) is 13.0 Å². The monoisotopic (exact) mass is 424 g/mol. The SMILES string of the molecule is Cc1ccc2nc(N3C(=O)c4oc5ccccc5c(=O)c4[C@@H]3c3ccccc3)sc2c1. The number of aromatic nitrogens is 1. The van der Waals surface area contributed by atoms with Gasteiger partial charge < -0.3 is 4.42 Å². The minimum atomic E-state index is -0.591. The van der Waals surface area contributed by atoms with Crippen LogP contribution in [0.25, 0.3) is 21.2 Å². The highest BCUT2D eigenvalue weighted by atomic mass is 32.1. The van der Waals surface area contributed by atoms with E-state index in [2.05, 4.69) is 6.07 Å². The number of benzene rings is 3. The third-order valence-electron chi connectivity index (χ3n) is 5.63. The fourth-order valence-electron chi connectivity index (χ4n) is 4.19. The maximum atomic E-state index is 13.6. The molecule has 0 fully saturated rings. The lowest BCUT2D eigenvalue weighted by Gasteiger charge is -2.22. The fraction of sp³-hybridized carbons (Fsp3) is 0.0800. The first-order valence-corrected chi connectivity index (χ1v) is 10.7. The number of para-hydroxylation sites is 1. The number of carbonyl (C=O) groups is 1. The number of anilines is 1. The summed E-state index contributed by atoms with van der Waals surface area (Å²) in [4.78, 5) is 33.4. The van der Waals surface area contributed by atoms with E-state index in [1.54, 1.807) is 29.2 Å². The number of thiazole rings is 1. The Morgan fingerprint density at radius 3 is 2.58 bits per heavy atom. The first-order chi connectivity index (χ1) is 15.1. The van der Waals surface area contributed by atoms with Crippen LogP contribution in [-0.4, -0.2) is 10.9 Å². The summed E-state index contributed by atoms with van der Waals surface area (Å²) in [6, 6.07) is 22.0. The molecule has 3 aromatic carbocycles. The van der Waals surface area contributed by atoms with E-state index >= 15 is 0 Å². The van der Waals surface area contributed by atoms with Gasteiger partial charge in [-0.3, -0.25) is 14.5 Å². The summed E-state index contributed by atoms with van der Waals surface area (Å²) in [5.74, 6) is -0.254. The Morgan fingerprint density at radius 2 is 1.74 bits per heavy atom. The van der Waals surface area contributed by atoms with Crippen LogP contribution in [-0.2, 0) is 0 Å². The van der Waals surface area contributed by atoms with Gasteiger partial charge in [-0.25, -0.2) is 4.98 Å². The average molecular weight is 424 g/mol. The molecular weight excluding hydrogens is 408 g/mol. The van der Waals surface area contributed by atoms with Crippen LogP contribution in [0.3, 0.4) is 0 Å². The van der Waals surface area contributed by atoms with Crippen molar-refractivity contribution in [3.63, 3.8) is 0 Å². The number of nitrogens with zero attached hydrogens (tertiary/aromatic N) is 2. The summed E-state index contributed by atoms with van der Waals surface area (Å²) in [5.41, 5.74) is 3.39. The van der Waals surface area contributed by atoms with Crippen molar-refractivity contribution in [1.82, 2.24) is 4.98 Å². The van der Waals surface area contributed by atoms with Crippen LogP contribution in [0.1, 0.15) is 33.3 Å². The summed E-state index contributed by atoms with van der Waals surface area (Å²) in [6.07, 6.45) is 0. The molecular formula is C25H16N2O3S. The van der Waals surface area contributed by atoms with E-state index < -0.39 is 6.04 Å². The van der Waals surface area contributed by atoms with Gasteiger partial charge in [-0.2, -0.15) is 0 Å². The van der Waals surface area contributed by atoms with Crippen LogP contribution in [0.2, 0.25) is 0 Å². The standard InChI is InChI=1S/C25H16N2O3S/c1-14-11-12-17-19(13-14)31-25(26-17)27-21(15-7-3-2-4-8-15)20-22(28)16-9-5-6-10-18(16)30-23(20)24(27)29/h2-13,21H,1H3/t21-/m0/s1. The van der Waals surface area contributed by atoms with Crippen LogP contribution >= 0.6 is 11.3 Å². The number of aryl methyl sites for hydroxylation is 1. The van der Waals surface area contributed by atoms with Crippen LogP contribution in [0.15, 0.2) is 82.0 Å². The van der Waals surface area contributed by atoms with E-state index in [1.807, 2.05) is 49.4 Å². The molecule has 1 atom stereocenters. The highest BCUT2D eigenvalue weighted by molar-refractivity contribution is 7.22. The number of hydrogen-bond acceptors (Lipinski definition) is 5. The molecule has 0 aliphatic carbocycles. The van der Waals surface area contributed by atoms with Gasteiger partial charge in [0.1, 0.15) is 5.58 Å². The van der Waals surface area contributed by atoms with Crippen molar-refractivity contribution in [2.24, 2.45) is 0 Å². The molecule has 5 aromatic rings. The first kappa shape index (κ1) is 18.0. The number of carbonyl (C=O) groups excluding carboxylic acids is 1. The molecule has 0 radical (unpaired) electrons. The zero-order valence-electron chi connectivity index (χ0n) is 16.5. The Hall–Kier alpha value is -3.77. The van der Waals surface area contributed by atoms with E-state index in [0.29, 0.717) is 21.7 Å². The third-order valence-corrected chi connectivity index (χ3v) is 6.65. The number of amides is 1. The van der Waals surface area contributed by atoms with Gasteiger partial charge in [-0.15, -0.1) is 0 Å². The van der Waals surface area contributed by atoms with Crippen molar-refractivity contribution in [2.75, 3.05) is 4.90 Å². The zero-order chi connectivity index (χ0) is 21.1. The Bertz CT molecular complexity index is 1550. The van der Waals surface area contributed by atoms with Gasteiger partial charge in [-0.1, -0.05) is 59.9 Å². The molecule has 0 unspecified atom stereocenters. The van der Waals surface area contributed by atoms with E-state index in [4.69, 9.17) is 9.40 Å². The van der Waals surface area contributed by atoms with Crippen LogP contribution in [0, 0.1) is 6.92 Å². The lowest BCUT2D eigenvalue weighted by Crippen LogP contribution is -2.29. The van der Waals surface area contributed by atoms with Crippen LogP contribution < -0.4 is 10.3 Å². The number of fused-ring (bicyclic) bond motifs is 3. The maximum Gasteiger partial charge on any atom is 0.297 e. The summed E-state index contributed by atoms with van der Waals surface area (Å²) < 4.78 is 6.98. The van der Waals surface area contributed by atoms with Gasteiger partial charge in [0, 0.05) is 0 Å². The Labute approximate surface area is 181 Å². The van der Waals surface area contributed by atoms with Crippen molar-refractivity contribution in [3.05, 3.63) is 105 Å². The molecule has 0 spiro atoms. The summed E-state index contributed by atoms with van der Waals surface area (Å²) in [7, 11) is 0. The normalized spacial score (nSPS) is 15.7. The van der Waals surface area contributed by atoms with Gasteiger partial charge in [0.05, 0.1) is 27.2 Å². The first-order valence-electron chi connectivity index (χ1n) is 9.93. The van der Waals surface area contributed by atoms with Crippen molar-refractivity contribution < 1.29 is 9.21 Å². The molecule has 5 nitrogen and oxygen atoms in total. The maximum absolute atomic E-state index is 13.6. The molecule has 0 saturated heterocycles. The molecule has 0 bridgehead atoms. The predicted molar refractivity (Wildman–Crippen MR) is 122 cm³/mol. The average Bonchev–Trinajstić information content (AvgIpc) is 3.33. The third kappa shape index (κ3) is 2.65. The smallest absolute Gasteiger partial charge is 0.297 e. The van der Waals surface area contributed by atoms with Gasteiger partial charge in [-0.05, 0) is 42.3 Å². The van der Waals surface area contributed by atoms with Crippen LogP contribution in [0.5, 0.6) is 0 Å². The molecule has 1 amide bonds. The van der Waals surface area contributed by atoms with Gasteiger partial charge >= 0.3 is 0 Å². The van der Waals surface area contributed by atoms with Gasteiger partial charge in [0.2, 0.25) is 5.76 Å². The van der Waals surface area contributed by atoms with E-state index in [0.717, 1.165) is 21.3 Å². The minimum absolute atomic E-state index is 0.0907. The minimum Gasteiger partial charge on any atom is -0.450 e. The Kier molecular flexibility index (Phi) is 3.85. The summed E-state index contributed by atoms with van der Waals surface area (Å²) in [5, 5.41) is 1.02. The number of rotatable bonds is 2. The van der Waals surface area contributed by atoms with Crippen LogP contribution in [0.4, 0.5) is 5.13 Å². The highest BCUT2D eigenvalue weighted by Gasteiger charge is 2.44. The topological polar surface area (TPSA) is 63.4 Å². The molecule has 0 saturated carbocycles. The predicted octanol–water partition coefficient (Wildman–Crippen LogP) is 5.46. The number of hydrogen-bond donors (Lipinski definition) is 0. The Morgan fingerprint density at radius 1 is 0.968 bits per heavy atom. The van der Waals surface area contributed by atoms with Gasteiger partial charge in [0.25, 0.3) is 5.91 Å². The summed E-state index contributed by atoms with van der Waals surface area (Å²) in [6.45, 7) is 2.02. The second-order valence-electron chi connectivity index (χ2n) is 7.63.